The van der Waals surface area contributed by atoms with Gasteiger partial charge in [-0.05, 0) is 86.7 Å². The Morgan fingerprint density at radius 1 is 1.16 bits per heavy atom. The van der Waals surface area contributed by atoms with Crippen molar-refractivity contribution in [3.63, 3.8) is 0 Å². The molecule has 1 unspecified atom stereocenters. The van der Waals surface area contributed by atoms with Crippen LogP contribution in [0.25, 0.3) is 11.0 Å². The molecule has 246 valence electrons. The summed E-state index contributed by atoms with van der Waals surface area (Å²) in [6.45, 7) is 9.92. The average molecular weight is 623 g/mol. The lowest BCUT2D eigenvalue weighted by Crippen LogP contribution is -2.57. The summed E-state index contributed by atoms with van der Waals surface area (Å²) in [7, 11) is 1.59. The van der Waals surface area contributed by atoms with E-state index >= 15 is 0 Å². The normalized spacial score (nSPS) is 26.4. The number of likely N-dealkylation sites (tertiary alicyclic amines) is 1. The number of ether oxygens (including phenoxy) is 2. The van der Waals surface area contributed by atoms with E-state index in [2.05, 4.69) is 22.2 Å². The lowest BCUT2D eigenvalue weighted by atomic mass is 9.85. The second kappa shape index (κ2) is 13.5. The Labute approximate surface area is 266 Å². The molecule has 10 nitrogen and oxygen atoms in total. The van der Waals surface area contributed by atoms with Crippen molar-refractivity contribution >= 4 is 28.8 Å². The molecule has 2 saturated carbocycles. The summed E-state index contributed by atoms with van der Waals surface area (Å²) >= 11 is 0. The van der Waals surface area contributed by atoms with E-state index in [4.69, 9.17) is 9.47 Å². The van der Waals surface area contributed by atoms with Gasteiger partial charge in [-0.2, -0.15) is 0 Å². The maximum absolute atomic E-state index is 13.8. The topological polar surface area (TPSA) is 131 Å². The number of aromatic amines is 1. The molecule has 1 saturated heterocycles. The van der Waals surface area contributed by atoms with Crippen molar-refractivity contribution in [1.29, 1.82) is 0 Å². The number of fused-ring (bicyclic) bond motifs is 2. The largest absolute Gasteiger partial charge is 0.497 e. The molecule has 1 aromatic heterocycles. The van der Waals surface area contributed by atoms with Gasteiger partial charge in [0.2, 0.25) is 5.91 Å². The van der Waals surface area contributed by atoms with Crippen molar-refractivity contribution in [2.24, 2.45) is 29.1 Å². The number of rotatable bonds is 12. The molecule has 3 fully saturated rings. The summed E-state index contributed by atoms with van der Waals surface area (Å²) in [6.07, 6.45) is 7.36. The standard InChI is InChI=1S/C35H50N4O6/c1-7-21-15-16-39(30(21)20(2)40)33(42)31(35(3,4)5)38-34(43)45-29-18-22-17-25(22)24(29)11-9-8-10-12-27-32(41)37-28-19-23(44-6)13-14-26(28)36-27/h13-14,19,21-22,24-25,29-31H,7-12,15-18H2,1-6H3,(H,37,41)(H,38,43)/t21-,22-,24-,25-,29?,30-,31-/m1/s1. The first-order chi connectivity index (χ1) is 21.4. The Morgan fingerprint density at radius 3 is 2.62 bits per heavy atom. The second-order valence-corrected chi connectivity index (χ2v) is 14.5. The molecule has 5 rings (SSSR count). The number of aryl methyl sites for hydroxylation is 1. The van der Waals surface area contributed by atoms with Crippen molar-refractivity contribution in [3.05, 3.63) is 34.2 Å². The molecule has 3 aliphatic rings. The highest BCUT2D eigenvalue weighted by atomic mass is 16.6. The second-order valence-electron chi connectivity index (χ2n) is 14.5. The number of methoxy groups -OCH3 is 1. The Hall–Kier alpha value is -3.43. The molecule has 0 bridgehead atoms. The van der Waals surface area contributed by atoms with Gasteiger partial charge in [0.05, 0.1) is 24.2 Å². The van der Waals surface area contributed by atoms with E-state index in [1.54, 1.807) is 25.0 Å². The third kappa shape index (κ3) is 7.36. The van der Waals surface area contributed by atoms with Gasteiger partial charge in [-0.15, -0.1) is 0 Å². The van der Waals surface area contributed by atoms with Crippen LogP contribution in [0.5, 0.6) is 5.75 Å². The lowest BCUT2D eigenvalue weighted by Gasteiger charge is -2.36. The molecule has 2 heterocycles. The number of carbonyl (C=O) groups is 3. The number of unbranched alkanes of at least 4 members (excludes halogenated alkanes) is 2. The van der Waals surface area contributed by atoms with Crippen LogP contribution in [0.4, 0.5) is 4.79 Å². The molecule has 2 amide bonds. The Balaban J connectivity index is 1.13. The Kier molecular flexibility index (Phi) is 9.89. The number of benzene rings is 1. The molecule has 0 radical (unpaired) electrons. The van der Waals surface area contributed by atoms with Gasteiger partial charge >= 0.3 is 6.09 Å². The number of nitrogens with one attached hydrogen (secondary N) is 2. The van der Waals surface area contributed by atoms with Crippen LogP contribution < -0.4 is 15.6 Å². The van der Waals surface area contributed by atoms with Crippen molar-refractivity contribution in [1.82, 2.24) is 20.2 Å². The van der Waals surface area contributed by atoms with E-state index in [0.717, 1.165) is 50.5 Å². The zero-order chi connectivity index (χ0) is 32.5. The molecule has 10 heteroatoms. The van der Waals surface area contributed by atoms with Crippen LogP contribution in [0.1, 0.15) is 91.7 Å². The molecule has 2 aliphatic carbocycles. The van der Waals surface area contributed by atoms with Gasteiger partial charge in [0.15, 0.2) is 5.78 Å². The molecule has 2 aromatic rings. The van der Waals surface area contributed by atoms with Gasteiger partial charge < -0.3 is 24.7 Å². The first-order valence-corrected chi connectivity index (χ1v) is 16.8. The fraction of sp³-hybridized carbons (Fsp3) is 0.686. The van der Waals surface area contributed by atoms with Gasteiger partial charge in [-0.25, -0.2) is 9.78 Å². The highest BCUT2D eigenvalue weighted by molar-refractivity contribution is 5.92. The average Bonchev–Trinajstić information content (AvgIpc) is 3.46. The molecular weight excluding hydrogens is 572 g/mol. The molecule has 2 N–H and O–H groups in total. The minimum atomic E-state index is -0.786. The summed E-state index contributed by atoms with van der Waals surface area (Å²) in [6, 6.07) is 4.25. The third-order valence-electron chi connectivity index (χ3n) is 10.3. The van der Waals surface area contributed by atoms with Crippen LogP contribution in [0.2, 0.25) is 0 Å². The van der Waals surface area contributed by atoms with E-state index in [0.29, 0.717) is 47.7 Å². The maximum atomic E-state index is 13.8. The number of ketones is 1. The molecule has 45 heavy (non-hydrogen) atoms. The third-order valence-corrected chi connectivity index (χ3v) is 10.3. The fourth-order valence-corrected chi connectivity index (χ4v) is 7.79. The number of carbonyl (C=O) groups excluding carboxylic acids is 3. The monoisotopic (exact) mass is 622 g/mol. The van der Waals surface area contributed by atoms with Crippen LogP contribution >= 0.6 is 0 Å². The van der Waals surface area contributed by atoms with Crippen LogP contribution in [0.3, 0.4) is 0 Å². The number of Topliss-reactive ketones (excluding diaryl/α,β-unsaturated/α-hetero) is 1. The van der Waals surface area contributed by atoms with Gasteiger partial charge in [-0.1, -0.05) is 47.0 Å². The van der Waals surface area contributed by atoms with Crippen molar-refractivity contribution in [2.75, 3.05) is 13.7 Å². The van der Waals surface area contributed by atoms with E-state index in [9.17, 15) is 19.2 Å². The molecule has 7 atom stereocenters. The van der Waals surface area contributed by atoms with Gasteiger partial charge in [0.25, 0.3) is 5.56 Å². The number of amides is 2. The smallest absolute Gasteiger partial charge is 0.408 e. The number of hydrogen-bond acceptors (Lipinski definition) is 7. The van der Waals surface area contributed by atoms with E-state index < -0.39 is 23.6 Å². The number of nitrogens with zero attached hydrogens (tertiary/aromatic N) is 2. The summed E-state index contributed by atoms with van der Waals surface area (Å²) < 4.78 is 11.3. The predicted molar refractivity (Wildman–Crippen MR) is 172 cm³/mol. The number of alkyl carbamates (subject to hydrolysis) is 1. The predicted octanol–water partition coefficient (Wildman–Crippen LogP) is 5.42. The first-order valence-electron chi connectivity index (χ1n) is 16.8. The number of hydrogen-bond donors (Lipinski definition) is 2. The Morgan fingerprint density at radius 2 is 1.93 bits per heavy atom. The summed E-state index contributed by atoms with van der Waals surface area (Å²) in [5, 5.41) is 2.91. The highest BCUT2D eigenvalue weighted by Gasteiger charge is 2.54. The van der Waals surface area contributed by atoms with Gasteiger partial charge in [-0.3, -0.25) is 14.4 Å². The molecule has 0 spiro atoms. The van der Waals surface area contributed by atoms with E-state index in [1.165, 1.54) is 6.42 Å². The van der Waals surface area contributed by atoms with Crippen molar-refractivity contribution in [3.8, 4) is 5.75 Å². The minimum Gasteiger partial charge on any atom is -0.497 e. The SMILES string of the molecule is CC[C@@H]1CCN(C(=O)[C@@H](NC(=O)OC2C[C@H]3C[C@H]3[C@H]2CCCCCc2nc3ccc(OC)cc3[nH]c2=O)C(C)(C)C)[C@@H]1C(C)=O. The molecule has 1 aliphatic heterocycles. The minimum absolute atomic E-state index is 0.00247. The Bertz CT molecular complexity index is 1460. The van der Waals surface area contributed by atoms with Gasteiger partial charge in [0.1, 0.15) is 23.6 Å². The van der Waals surface area contributed by atoms with Gasteiger partial charge in [0, 0.05) is 12.6 Å². The van der Waals surface area contributed by atoms with Crippen LogP contribution in [0, 0.1) is 29.1 Å². The quantitative estimate of drug-likeness (QED) is 0.303. The van der Waals surface area contributed by atoms with Crippen LogP contribution in [-0.2, 0) is 20.7 Å². The van der Waals surface area contributed by atoms with Crippen LogP contribution in [-0.4, -0.2) is 64.5 Å². The maximum Gasteiger partial charge on any atom is 0.408 e. The van der Waals surface area contributed by atoms with E-state index in [-0.39, 0.29) is 29.3 Å². The zero-order valence-electron chi connectivity index (χ0n) is 27.7. The van der Waals surface area contributed by atoms with Crippen LogP contribution in [0.15, 0.2) is 23.0 Å². The molecular formula is C35H50N4O6. The summed E-state index contributed by atoms with van der Waals surface area (Å²) in [5.74, 6) is 2.13. The highest BCUT2D eigenvalue weighted by Crippen LogP contribution is 2.57. The van der Waals surface area contributed by atoms with Crippen molar-refractivity contribution < 1.29 is 23.9 Å². The fourth-order valence-electron chi connectivity index (χ4n) is 7.79. The first kappa shape index (κ1) is 32.9. The zero-order valence-corrected chi connectivity index (χ0v) is 27.7. The summed E-state index contributed by atoms with van der Waals surface area (Å²) in [5.41, 5.74) is 1.25. The van der Waals surface area contributed by atoms with E-state index in [1.807, 2.05) is 32.9 Å². The summed E-state index contributed by atoms with van der Waals surface area (Å²) in [4.78, 5) is 61.2. The molecule has 1 aromatic carbocycles. The number of aromatic nitrogens is 2. The number of H-pyrrole nitrogens is 1. The van der Waals surface area contributed by atoms with Crippen molar-refractivity contribution in [2.45, 2.75) is 111 Å². The lowest BCUT2D eigenvalue weighted by molar-refractivity contribution is -0.141.